The zero-order valence-electron chi connectivity index (χ0n) is 9.78. The molecule has 1 aliphatic rings. The van der Waals surface area contributed by atoms with Crippen molar-refractivity contribution in [2.45, 2.75) is 38.5 Å². The first-order valence-corrected chi connectivity index (χ1v) is 5.16. The van der Waals surface area contributed by atoms with Crippen molar-refractivity contribution in [2.75, 3.05) is 20.1 Å². The van der Waals surface area contributed by atoms with E-state index in [1.165, 1.54) is 4.90 Å². The van der Waals surface area contributed by atoms with Gasteiger partial charge < -0.3 is 20.1 Å². The number of ether oxygens (including phenoxy) is 1. The normalized spacial score (nSPS) is 26.5. The topological polar surface area (TPSA) is 61.8 Å². The number of likely N-dealkylation sites (N-methyl/N-ethyl adjacent to an activating group) is 1. The number of hydrogen-bond donors (Lipinski definition) is 2. The van der Waals surface area contributed by atoms with E-state index < -0.39 is 17.8 Å². The van der Waals surface area contributed by atoms with Gasteiger partial charge in [0, 0.05) is 20.1 Å². The number of aliphatic hydroxyl groups excluding tert-OH is 1. The highest BCUT2D eigenvalue weighted by molar-refractivity contribution is 5.68. The number of carbonyl (C=O) groups is 1. The minimum absolute atomic E-state index is 0.195. The van der Waals surface area contributed by atoms with Crippen LogP contribution in [0.5, 0.6) is 0 Å². The molecule has 0 bridgehead atoms. The van der Waals surface area contributed by atoms with Crippen LogP contribution in [0.15, 0.2) is 0 Å². The molecule has 0 unspecified atom stereocenters. The third kappa shape index (κ3) is 3.35. The highest BCUT2D eigenvalue weighted by atomic mass is 16.6. The predicted molar refractivity (Wildman–Crippen MR) is 56.7 cm³/mol. The summed E-state index contributed by atoms with van der Waals surface area (Å²) in [5, 5.41) is 12.6. The summed E-state index contributed by atoms with van der Waals surface area (Å²) in [4.78, 5) is 13.1. The van der Waals surface area contributed by atoms with Crippen LogP contribution >= 0.6 is 0 Å². The third-order valence-electron chi connectivity index (χ3n) is 2.33. The lowest BCUT2D eigenvalue weighted by Crippen LogP contribution is -2.46. The van der Waals surface area contributed by atoms with Crippen molar-refractivity contribution >= 4 is 6.09 Å². The van der Waals surface area contributed by atoms with E-state index in [-0.39, 0.29) is 6.04 Å². The smallest absolute Gasteiger partial charge is 0.410 e. The van der Waals surface area contributed by atoms with E-state index >= 15 is 0 Å². The van der Waals surface area contributed by atoms with E-state index in [9.17, 15) is 9.90 Å². The van der Waals surface area contributed by atoms with Crippen LogP contribution in [0.2, 0.25) is 0 Å². The van der Waals surface area contributed by atoms with Crippen LogP contribution in [0.3, 0.4) is 0 Å². The Morgan fingerprint density at radius 1 is 1.47 bits per heavy atom. The molecule has 2 atom stereocenters. The Balaban J connectivity index is 2.52. The van der Waals surface area contributed by atoms with Gasteiger partial charge in [0.25, 0.3) is 0 Å². The lowest BCUT2D eigenvalue weighted by Gasteiger charge is -2.29. The van der Waals surface area contributed by atoms with Gasteiger partial charge in [0.15, 0.2) is 0 Å². The van der Waals surface area contributed by atoms with Crippen LogP contribution in [0.25, 0.3) is 0 Å². The van der Waals surface area contributed by atoms with Crippen molar-refractivity contribution in [2.24, 2.45) is 0 Å². The molecule has 1 saturated heterocycles. The quantitative estimate of drug-likeness (QED) is 0.656. The van der Waals surface area contributed by atoms with Crippen molar-refractivity contribution in [3.05, 3.63) is 0 Å². The van der Waals surface area contributed by atoms with Crippen molar-refractivity contribution in [1.29, 1.82) is 0 Å². The van der Waals surface area contributed by atoms with Crippen molar-refractivity contribution in [1.82, 2.24) is 10.2 Å². The van der Waals surface area contributed by atoms with E-state index in [1.807, 2.05) is 20.8 Å². The molecule has 0 aromatic rings. The number of amides is 1. The van der Waals surface area contributed by atoms with E-state index in [4.69, 9.17) is 4.74 Å². The molecule has 0 aliphatic carbocycles. The fourth-order valence-electron chi connectivity index (χ4n) is 1.52. The molecule has 0 radical (unpaired) electrons. The Bertz CT molecular complexity index is 237. The van der Waals surface area contributed by atoms with E-state index in [0.29, 0.717) is 13.1 Å². The molecule has 2 N–H and O–H groups in total. The minimum Gasteiger partial charge on any atom is -0.444 e. The Kier molecular flexibility index (Phi) is 3.57. The number of β-amino-alcohol motifs (C(OH)–C–C–N with tert-alkyl or cyclic N) is 1. The fourth-order valence-corrected chi connectivity index (χ4v) is 1.52. The van der Waals surface area contributed by atoms with Gasteiger partial charge in [-0.2, -0.15) is 0 Å². The molecule has 1 aliphatic heterocycles. The van der Waals surface area contributed by atoms with Gasteiger partial charge in [-0.3, -0.25) is 0 Å². The molecule has 1 heterocycles. The average molecular weight is 216 g/mol. The third-order valence-corrected chi connectivity index (χ3v) is 2.33. The van der Waals surface area contributed by atoms with E-state index in [0.717, 1.165) is 0 Å². The molecule has 0 aromatic heterocycles. The van der Waals surface area contributed by atoms with Crippen LogP contribution in [0.4, 0.5) is 4.79 Å². The number of carbonyl (C=O) groups excluding carboxylic acids is 1. The summed E-state index contributed by atoms with van der Waals surface area (Å²) in [5.74, 6) is 0. The van der Waals surface area contributed by atoms with Crippen molar-refractivity contribution in [3.8, 4) is 0 Å². The number of aliphatic hydroxyl groups is 1. The Labute approximate surface area is 90.4 Å². The Morgan fingerprint density at radius 2 is 2.07 bits per heavy atom. The van der Waals surface area contributed by atoms with Gasteiger partial charge >= 0.3 is 6.09 Å². The summed E-state index contributed by atoms with van der Waals surface area (Å²) in [6, 6.07) is -0.195. The molecule has 0 aromatic carbocycles. The van der Waals surface area contributed by atoms with Gasteiger partial charge in [-0.1, -0.05) is 0 Å². The molecule has 1 rings (SSSR count). The largest absolute Gasteiger partial charge is 0.444 e. The maximum atomic E-state index is 11.7. The summed E-state index contributed by atoms with van der Waals surface area (Å²) in [6.45, 7) is 6.60. The molecule has 5 heteroatoms. The van der Waals surface area contributed by atoms with Crippen LogP contribution in [-0.2, 0) is 4.74 Å². The maximum Gasteiger partial charge on any atom is 0.410 e. The highest BCUT2D eigenvalue weighted by Crippen LogP contribution is 2.13. The molecule has 15 heavy (non-hydrogen) atoms. The molecule has 88 valence electrons. The van der Waals surface area contributed by atoms with Gasteiger partial charge in [0.1, 0.15) is 5.60 Å². The summed E-state index contributed by atoms with van der Waals surface area (Å²) >= 11 is 0. The summed E-state index contributed by atoms with van der Waals surface area (Å²) in [5.41, 5.74) is -0.498. The first kappa shape index (κ1) is 12.3. The van der Waals surface area contributed by atoms with Gasteiger partial charge in [-0.15, -0.1) is 0 Å². The summed E-state index contributed by atoms with van der Waals surface area (Å²) in [6.07, 6.45) is -0.905. The van der Waals surface area contributed by atoms with E-state index in [2.05, 4.69) is 5.32 Å². The zero-order chi connectivity index (χ0) is 11.6. The Morgan fingerprint density at radius 3 is 2.47 bits per heavy atom. The number of nitrogens with one attached hydrogen (secondary N) is 1. The number of nitrogens with zero attached hydrogens (tertiary/aromatic N) is 1. The van der Waals surface area contributed by atoms with Crippen LogP contribution in [0.1, 0.15) is 20.8 Å². The zero-order valence-corrected chi connectivity index (χ0v) is 9.78. The fraction of sp³-hybridized carbons (Fsp3) is 0.900. The van der Waals surface area contributed by atoms with Crippen molar-refractivity contribution in [3.63, 3.8) is 0 Å². The summed E-state index contributed by atoms with van der Waals surface area (Å²) < 4.78 is 5.21. The second-order valence-electron chi connectivity index (χ2n) is 4.88. The predicted octanol–water partition coefficient (Wildman–Crippen LogP) is 0.186. The molecule has 0 spiro atoms. The average Bonchev–Trinajstić information content (AvgIpc) is 2.47. The van der Waals surface area contributed by atoms with Gasteiger partial charge in [-0.05, 0) is 20.8 Å². The van der Waals surface area contributed by atoms with Gasteiger partial charge in [0.2, 0.25) is 0 Å². The first-order chi connectivity index (χ1) is 6.81. The molecular formula is C10H20N2O3. The number of rotatable bonds is 1. The monoisotopic (exact) mass is 216 g/mol. The number of hydrogen-bond acceptors (Lipinski definition) is 4. The second kappa shape index (κ2) is 4.37. The second-order valence-corrected chi connectivity index (χ2v) is 4.88. The molecule has 1 fully saturated rings. The maximum absolute atomic E-state index is 11.7. The molecule has 0 saturated carbocycles. The SMILES string of the molecule is CN(C(=O)OC(C)(C)C)[C@@H]1CNC[C@H]1O. The standard InChI is InChI=1S/C10H20N2O3/c1-10(2,3)15-9(14)12(4)7-5-11-6-8(7)13/h7-8,11,13H,5-6H2,1-4H3/t7-,8-/m1/s1. The molecular weight excluding hydrogens is 196 g/mol. The van der Waals surface area contributed by atoms with Crippen LogP contribution < -0.4 is 5.32 Å². The first-order valence-electron chi connectivity index (χ1n) is 5.16. The van der Waals surface area contributed by atoms with Crippen LogP contribution in [0, 0.1) is 0 Å². The summed E-state index contributed by atoms with van der Waals surface area (Å²) in [7, 11) is 1.65. The van der Waals surface area contributed by atoms with Crippen molar-refractivity contribution < 1.29 is 14.6 Å². The highest BCUT2D eigenvalue weighted by Gasteiger charge is 2.33. The van der Waals surface area contributed by atoms with Gasteiger partial charge in [0.05, 0.1) is 12.1 Å². The van der Waals surface area contributed by atoms with E-state index in [1.54, 1.807) is 7.05 Å². The minimum atomic E-state index is -0.512. The van der Waals surface area contributed by atoms with Crippen LogP contribution in [-0.4, -0.2) is 54.0 Å². The lowest BCUT2D eigenvalue weighted by molar-refractivity contribution is 0.0113. The van der Waals surface area contributed by atoms with Gasteiger partial charge in [-0.25, -0.2) is 4.79 Å². The molecule has 1 amide bonds. The Hall–Kier alpha value is -0.810. The lowest BCUT2D eigenvalue weighted by atomic mass is 10.2. The molecule has 5 nitrogen and oxygen atoms in total.